The molecule has 0 radical (unpaired) electrons. The van der Waals surface area contributed by atoms with Crippen LogP contribution in [-0.4, -0.2) is 54.3 Å². The molecule has 63 heavy (non-hydrogen) atoms. The molecule has 0 unspecified atom stereocenters. The molecular formula is C46H44N14S3. The van der Waals surface area contributed by atoms with E-state index in [1.807, 2.05) is 147 Å². The van der Waals surface area contributed by atoms with Gasteiger partial charge in [-0.2, -0.15) is 15.3 Å². The number of benzene rings is 2. The summed E-state index contributed by atoms with van der Waals surface area (Å²) in [7, 11) is 0. The highest BCUT2D eigenvalue weighted by molar-refractivity contribution is 7.14. The Labute approximate surface area is 377 Å². The average molecular weight is 889 g/mol. The van der Waals surface area contributed by atoms with Crippen LogP contribution in [0.2, 0.25) is 0 Å². The molecule has 8 aromatic heterocycles. The number of anilines is 6. The molecule has 14 nitrogen and oxygen atoms in total. The van der Waals surface area contributed by atoms with Crippen molar-refractivity contribution in [3.63, 3.8) is 0 Å². The first-order valence-electron chi connectivity index (χ1n) is 20.1. The minimum Gasteiger partial charge on any atom is -0.332 e. The van der Waals surface area contributed by atoms with Gasteiger partial charge in [-0.25, -0.2) is 24.9 Å². The van der Waals surface area contributed by atoms with Crippen molar-refractivity contribution in [2.75, 3.05) is 16.0 Å². The van der Waals surface area contributed by atoms with Crippen LogP contribution in [0.25, 0.3) is 33.8 Å². The van der Waals surface area contributed by atoms with E-state index in [2.05, 4.69) is 94.5 Å². The fraction of sp³-hybridized carbons (Fsp3) is 0.130. The number of nitrogens with zero attached hydrogens (tertiary/aromatic N) is 11. The Hall–Kier alpha value is -7.34. The zero-order valence-electron chi connectivity index (χ0n) is 34.7. The van der Waals surface area contributed by atoms with Crippen molar-refractivity contribution in [2.45, 2.75) is 39.9 Å². The molecule has 0 saturated carbocycles. The number of rotatable bonds is 13. The highest BCUT2D eigenvalue weighted by Crippen LogP contribution is 2.29. The summed E-state index contributed by atoms with van der Waals surface area (Å²) in [5, 5.41) is 31.4. The molecule has 0 aliphatic heterocycles. The number of pyridine rings is 2. The van der Waals surface area contributed by atoms with Gasteiger partial charge in [-0.3, -0.25) is 14.0 Å². The molecule has 3 N–H and O–H groups in total. The van der Waals surface area contributed by atoms with Crippen molar-refractivity contribution in [1.82, 2.24) is 54.3 Å². The summed E-state index contributed by atoms with van der Waals surface area (Å²) < 4.78 is 5.76. The van der Waals surface area contributed by atoms with Crippen molar-refractivity contribution in [3.05, 3.63) is 168 Å². The molecule has 10 aromatic rings. The van der Waals surface area contributed by atoms with Gasteiger partial charge >= 0.3 is 0 Å². The van der Waals surface area contributed by atoms with Crippen molar-refractivity contribution in [1.29, 1.82) is 0 Å². The number of thiazole rings is 3. The van der Waals surface area contributed by atoms with E-state index in [0.717, 1.165) is 79.6 Å². The molecule has 0 fully saturated rings. The number of hydrogen-bond donors (Lipinski definition) is 3. The van der Waals surface area contributed by atoms with Crippen LogP contribution in [0.15, 0.2) is 163 Å². The molecule has 10 rings (SSSR count). The van der Waals surface area contributed by atoms with Gasteiger partial charge in [0.15, 0.2) is 15.4 Å². The first kappa shape index (κ1) is 42.4. The largest absolute Gasteiger partial charge is 0.332 e. The Morgan fingerprint density at radius 1 is 0.524 bits per heavy atom. The van der Waals surface area contributed by atoms with E-state index >= 15 is 0 Å². The third kappa shape index (κ3) is 11.9. The maximum absolute atomic E-state index is 4.65. The van der Waals surface area contributed by atoms with Crippen molar-refractivity contribution in [3.8, 4) is 33.8 Å². The van der Waals surface area contributed by atoms with Crippen LogP contribution in [-0.2, 0) is 13.1 Å². The Morgan fingerprint density at radius 3 is 1.49 bits per heavy atom. The normalized spacial score (nSPS) is 10.7. The highest BCUT2D eigenvalue weighted by atomic mass is 32.1. The van der Waals surface area contributed by atoms with Gasteiger partial charge in [0, 0.05) is 82.1 Å². The Balaban J connectivity index is 0.000000131. The predicted molar refractivity (Wildman–Crippen MR) is 256 cm³/mol. The monoisotopic (exact) mass is 888 g/mol. The molecule has 316 valence electrons. The minimum atomic E-state index is 0.355. The van der Waals surface area contributed by atoms with Gasteiger partial charge in [0.05, 0.1) is 42.2 Å². The lowest BCUT2D eigenvalue weighted by atomic mass is 10.2. The lowest BCUT2D eigenvalue weighted by molar-refractivity contribution is 0.532. The first-order valence-corrected chi connectivity index (χ1v) is 22.8. The molecule has 0 bridgehead atoms. The first-order chi connectivity index (χ1) is 30.9. The van der Waals surface area contributed by atoms with Gasteiger partial charge in [-0.15, -0.1) is 34.0 Å². The molecule has 0 amide bonds. The molecule has 0 aliphatic rings. The van der Waals surface area contributed by atoms with Gasteiger partial charge in [0.2, 0.25) is 0 Å². The number of aromatic nitrogens is 11. The second-order valence-electron chi connectivity index (χ2n) is 14.1. The van der Waals surface area contributed by atoms with E-state index < -0.39 is 0 Å². The topological polar surface area (TPSA) is 154 Å². The maximum Gasteiger partial charge on any atom is 0.188 e. The summed E-state index contributed by atoms with van der Waals surface area (Å²) in [6.45, 7) is 7.90. The molecule has 0 aliphatic carbocycles. The number of aryl methyl sites for hydroxylation is 1. The Bertz CT molecular complexity index is 2800. The van der Waals surface area contributed by atoms with E-state index in [1.165, 1.54) is 5.56 Å². The number of para-hydroxylation sites is 1. The zero-order valence-corrected chi connectivity index (χ0v) is 37.2. The van der Waals surface area contributed by atoms with E-state index in [4.69, 9.17) is 0 Å². The summed E-state index contributed by atoms with van der Waals surface area (Å²) in [6.07, 6.45) is 15.1. The summed E-state index contributed by atoms with van der Waals surface area (Å²) in [5.41, 5.74) is 8.18. The minimum absolute atomic E-state index is 0.355. The molecule has 8 heterocycles. The zero-order chi connectivity index (χ0) is 43.2. The van der Waals surface area contributed by atoms with Crippen LogP contribution >= 0.6 is 34.0 Å². The van der Waals surface area contributed by atoms with Gasteiger partial charge < -0.3 is 16.0 Å². The van der Waals surface area contributed by atoms with E-state index in [9.17, 15) is 0 Å². The fourth-order valence-electron chi connectivity index (χ4n) is 5.90. The number of nitrogens with one attached hydrogen (secondary N) is 3. The second-order valence-corrected chi connectivity index (χ2v) is 16.7. The fourth-order valence-corrected chi connectivity index (χ4v) is 8.10. The summed E-state index contributed by atoms with van der Waals surface area (Å²) in [4.78, 5) is 22.2. The predicted octanol–water partition coefficient (Wildman–Crippen LogP) is 11.7. The highest BCUT2D eigenvalue weighted by Gasteiger charge is 2.11. The lowest BCUT2D eigenvalue weighted by Crippen LogP contribution is -1.99. The molecular weight excluding hydrogens is 845 g/mol. The van der Waals surface area contributed by atoms with Crippen LogP contribution < -0.4 is 16.0 Å². The van der Waals surface area contributed by atoms with Crippen LogP contribution in [0.5, 0.6) is 0 Å². The third-order valence-electron chi connectivity index (χ3n) is 9.13. The van der Waals surface area contributed by atoms with Gasteiger partial charge in [-0.05, 0) is 62.7 Å². The van der Waals surface area contributed by atoms with Crippen LogP contribution in [0.1, 0.15) is 32.4 Å². The lowest BCUT2D eigenvalue weighted by Gasteiger charge is -2.02. The van der Waals surface area contributed by atoms with Crippen molar-refractivity contribution < 1.29 is 0 Å². The molecule has 0 saturated heterocycles. The quantitative estimate of drug-likeness (QED) is 0.101. The van der Waals surface area contributed by atoms with Crippen molar-refractivity contribution in [2.24, 2.45) is 0 Å². The van der Waals surface area contributed by atoms with Crippen LogP contribution in [0, 0.1) is 0 Å². The van der Waals surface area contributed by atoms with E-state index in [-0.39, 0.29) is 0 Å². The SMILES string of the molecule is CC(C)n1cc(-c2csc(Nc3ccccn3)n2)cn1.CCn1cc(-c2csc(Nc3ccccn3)n2)cn1.c1ccc(Cn2cc(-c3csc(Nc4ccccc4)n3)cn2)cc1. The van der Waals surface area contributed by atoms with Gasteiger partial charge in [0.1, 0.15) is 11.6 Å². The molecule has 2 aromatic carbocycles. The Kier molecular flexibility index (Phi) is 14.1. The van der Waals surface area contributed by atoms with Gasteiger partial charge in [-0.1, -0.05) is 60.7 Å². The second kappa shape index (κ2) is 21.0. The van der Waals surface area contributed by atoms with Crippen molar-refractivity contribution >= 4 is 66.7 Å². The maximum atomic E-state index is 4.65. The standard InChI is InChI=1S/C19H16N4S.C14H15N5S.C13H13N5S/c1-3-7-15(8-4-1)12-23-13-16(11-20-23)18-14-24-19(22-18)21-17-9-5-2-6-10-17;1-10(2)19-8-11(7-16-19)12-9-20-14(17-12)18-13-5-3-4-6-15-13;1-2-18-8-10(7-15-18)11-9-19-13(16-11)17-12-5-3-4-6-14-12/h1-11,13-14H,12H2,(H,21,22);3-10H,1-2H3,(H,15,17,18);3-9H,2H2,1H3,(H,14,16,17). The van der Waals surface area contributed by atoms with Crippen LogP contribution in [0.4, 0.5) is 32.7 Å². The van der Waals surface area contributed by atoms with Gasteiger partial charge in [0.25, 0.3) is 0 Å². The summed E-state index contributed by atoms with van der Waals surface area (Å²) in [6, 6.07) is 32.2. The molecule has 0 spiro atoms. The Morgan fingerprint density at radius 2 is 1.00 bits per heavy atom. The van der Waals surface area contributed by atoms with Crippen LogP contribution in [0.3, 0.4) is 0 Å². The molecule has 17 heteroatoms. The summed E-state index contributed by atoms with van der Waals surface area (Å²) >= 11 is 4.71. The summed E-state index contributed by atoms with van der Waals surface area (Å²) in [5.74, 6) is 1.60. The van der Waals surface area contributed by atoms with E-state index in [1.54, 1.807) is 46.4 Å². The average Bonchev–Trinajstić information content (AvgIpc) is 4.18. The van der Waals surface area contributed by atoms with E-state index in [0.29, 0.717) is 6.04 Å². The molecule has 0 atom stereocenters. The number of hydrogen-bond acceptors (Lipinski definition) is 14. The third-order valence-corrected chi connectivity index (χ3v) is 11.4. The smallest absolute Gasteiger partial charge is 0.188 e.